The quantitative estimate of drug-likeness (QED) is 0.749. The third kappa shape index (κ3) is 1.58. The average molecular weight is 210 g/mol. The van der Waals surface area contributed by atoms with Crippen LogP contribution in [0.4, 0.5) is 0 Å². The zero-order chi connectivity index (χ0) is 11.1. The van der Waals surface area contributed by atoms with Crippen molar-refractivity contribution < 1.29 is 19.1 Å². The number of hydrogen-bond acceptors (Lipinski definition) is 4. The van der Waals surface area contributed by atoms with E-state index in [2.05, 4.69) is 10.3 Å². The van der Waals surface area contributed by atoms with Crippen LogP contribution < -0.4 is 5.32 Å². The molecule has 1 fully saturated rings. The Labute approximate surface area is 85.3 Å². The Bertz CT molecular complexity index is 420. The van der Waals surface area contributed by atoms with E-state index in [1.165, 1.54) is 0 Å². The SMILES string of the molecule is Cc1ncoc1C(=O)NC1(C(=O)O)CC1. The van der Waals surface area contributed by atoms with Gasteiger partial charge in [0.2, 0.25) is 5.76 Å². The lowest BCUT2D eigenvalue weighted by Crippen LogP contribution is -2.43. The fraction of sp³-hybridized carbons (Fsp3) is 0.444. The molecule has 0 bridgehead atoms. The average Bonchev–Trinajstić information content (AvgIpc) is 2.82. The van der Waals surface area contributed by atoms with Crippen molar-refractivity contribution in [2.45, 2.75) is 25.3 Å². The fourth-order valence-electron chi connectivity index (χ4n) is 1.31. The summed E-state index contributed by atoms with van der Waals surface area (Å²) in [5.74, 6) is -1.46. The highest BCUT2D eigenvalue weighted by atomic mass is 16.4. The molecule has 0 aromatic carbocycles. The number of aromatic nitrogens is 1. The smallest absolute Gasteiger partial charge is 0.329 e. The molecule has 6 nitrogen and oxygen atoms in total. The van der Waals surface area contributed by atoms with Crippen molar-refractivity contribution in [1.29, 1.82) is 0 Å². The predicted molar refractivity (Wildman–Crippen MR) is 48.3 cm³/mol. The number of aliphatic carboxylic acids is 1. The molecule has 0 atom stereocenters. The number of rotatable bonds is 3. The number of carboxylic acid groups (broad SMARTS) is 1. The summed E-state index contributed by atoms with van der Waals surface area (Å²) in [5, 5.41) is 11.3. The maximum atomic E-state index is 11.6. The van der Waals surface area contributed by atoms with E-state index in [1.54, 1.807) is 6.92 Å². The summed E-state index contributed by atoms with van der Waals surface area (Å²) in [6, 6.07) is 0. The van der Waals surface area contributed by atoms with Gasteiger partial charge in [-0.25, -0.2) is 9.78 Å². The molecule has 2 rings (SSSR count). The molecule has 1 aromatic rings. The molecule has 0 unspecified atom stereocenters. The summed E-state index contributed by atoms with van der Waals surface area (Å²) in [7, 11) is 0. The minimum Gasteiger partial charge on any atom is -0.480 e. The standard InChI is InChI=1S/C9H10N2O4/c1-5-6(15-4-10-5)7(12)11-9(2-3-9)8(13)14/h4H,2-3H2,1H3,(H,11,12)(H,13,14). The number of amides is 1. The van der Waals surface area contributed by atoms with Crippen LogP contribution in [-0.2, 0) is 4.79 Å². The summed E-state index contributed by atoms with van der Waals surface area (Å²) in [6.45, 7) is 1.62. The molecule has 80 valence electrons. The maximum absolute atomic E-state index is 11.6. The Kier molecular flexibility index (Phi) is 1.99. The molecule has 1 amide bonds. The van der Waals surface area contributed by atoms with Crippen LogP contribution in [0.25, 0.3) is 0 Å². The van der Waals surface area contributed by atoms with Gasteiger partial charge in [0.15, 0.2) is 6.39 Å². The zero-order valence-electron chi connectivity index (χ0n) is 8.11. The molecule has 6 heteroatoms. The minimum absolute atomic E-state index is 0.0718. The zero-order valence-corrected chi connectivity index (χ0v) is 8.11. The van der Waals surface area contributed by atoms with Crippen molar-refractivity contribution in [3.05, 3.63) is 17.8 Å². The number of hydrogen-bond donors (Lipinski definition) is 2. The Balaban J connectivity index is 2.11. The van der Waals surface area contributed by atoms with Crippen molar-refractivity contribution in [1.82, 2.24) is 10.3 Å². The summed E-state index contributed by atoms with van der Waals surface area (Å²) < 4.78 is 4.86. The first-order valence-corrected chi connectivity index (χ1v) is 4.51. The highest BCUT2D eigenvalue weighted by Crippen LogP contribution is 2.35. The summed E-state index contributed by atoms with van der Waals surface area (Å²) >= 11 is 0. The monoisotopic (exact) mass is 210 g/mol. The van der Waals surface area contributed by atoms with Crippen LogP contribution in [0.15, 0.2) is 10.8 Å². The first kappa shape index (κ1) is 9.70. The van der Waals surface area contributed by atoms with E-state index in [-0.39, 0.29) is 5.76 Å². The van der Waals surface area contributed by atoms with Gasteiger partial charge in [-0.3, -0.25) is 4.79 Å². The maximum Gasteiger partial charge on any atom is 0.329 e. The lowest BCUT2D eigenvalue weighted by molar-refractivity contribution is -0.140. The molecule has 1 saturated carbocycles. The molecule has 15 heavy (non-hydrogen) atoms. The number of carbonyl (C=O) groups excluding carboxylic acids is 1. The van der Waals surface area contributed by atoms with E-state index in [0.29, 0.717) is 18.5 Å². The Morgan fingerprint density at radius 1 is 1.60 bits per heavy atom. The van der Waals surface area contributed by atoms with E-state index in [4.69, 9.17) is 9.52 Å². The lowest BCUT2D eigenvalue weighted by Gasteiger charge is -2.10. The normalized spacial score (nSPS) is 17.1. The van der Waals surface area contributed by atoms with E-state index in [9.17, 15) is 9.59 Å². The molecule has 0 aliphatic heterocycles. The largest absolute Gasteiger partial charge is 0.480 e. The summed E-state index contributed by atoms with van der Waals surface area (Å²) in [4.78, 5) is 26.1. The molecular formula is C9H10N2O4. The second-order valence-corrected chi connectivity index (χ2v) is 3.61. The van der Waals surface area contributed by atoms with E-state index < -0.39 is 17.4 Å². The third-order valence-electron chi connectivity index (χ3n) is 2.46. The van der Waals surface area contributed by atoms with Crippen LogP contribution in [0.1, 0.15) is 29.1 Å². The molecule has 0 spiro atoms. The van der Waals surface area contributed by atoms with Crippen LogP contribution in [0, 0.1) is 6.92 Å². The number of carboxylic acids is 1. The molecule has 0 radical (unpaired) electrons. The Morgan fingerprint density at radius 2 is 2.27 bits per heavy atom. The van der Waals surface area contributed by atoms with Gasteiger partial charge in [-0.2, -0.15) is 0 Å². The van der Waals surface area contributed by atoms with Gasteiger partial charge < -0.3 is 14.8 Å². The van der Waals surface area contributed by atoms with Crippen molar-refractivity contribution >= 4 is 11.9 Å². The van der Waals surface area contributed by atoms with E-state index in [0.717, 1.165) is 6.39 Å². The summed E-state index contributed by atoms with van der Waals surface area (Å²) in [5.41, 5.74) is -0.635. The number of aryl methyl sites for hydroxylation is 1. The van der Waals surface area contributed by atoms with Gasteiger partial charge in [-0.1, -0.05) is 0 Å². The van der Waals surface area contributed by atoms with E-state index in [1.807, 2.05) is 0 Å². The third-order valence-corrected chi connectivity index (χ3v) is 2.46. The second-order valence-electron chi connectivity index (χ2n) is 3.61. The molecule has 1 aromatic heterocycles. The van der Waals surface area contributed by atoms with Crippen LogP contribution in [0.2, 0.25) is 0 Å². The van der Waals surface area contributed by atoms with Gasteiger partial charge in [0, 0.05) is 0 Å². The highest BCUT2D eigenvalue weighted by molar-refractivity contribution is 5.97. The molecule has 1 heterocycles. The Morgan fingerprint density at radius 3 is 2.67 bits per heavy atom. The molecule has 1 aliphatic carbocycles. The number of oxazole rings is 1. The molecule has 1 aliphatic rings. The lowest BCUT2D eigenvalue weighted by atomic mass is 10.2. The van der Waals surface area contributed by atoms with Gasteiger partial charge in [0.1, 0.15) is 5.54 Å². The van der Waals surface area contributed by atoms with Gasteiger partial charge in [0.25, 0.3) is 5.91 Å². The topological polar surface area (TPSA) is 92.4 Å². The second kappa shape index (κ2) is 3.08. The number of nitrogens with one attached hydrogen (secondary N) is 1. The molecule has 0 saturated heterocycles. The predicted octanol–water partition coefficient (Wildman–Crippen LogP) is 0.330. The van der Waals surface area contributed by atoms with Crippen LogP contribution in [0.5, 0.6) is 0 Å². The van der Waals surface area contributed by atoms with Gasteiger partial charge >= 0.3 is 5.97 Å². The van der Waals surface area contributed by atoms with Gasteiger partial charge in [-0.05, 0) is 19.8 Å². The first-order valence-electron chi connectivity index (χ1n) is 4.51. The fourth-order valence-corrected chi connectivity index (χ4v) is 1.31. The van der Waals surface area contributed by atoms with Crippen LogP contribution >= 0.6 is 0 Å². The first-order chi connectivity index (χ1) is 7.05. The van der Waals surface area contributed by atoms with Crippen LogP contribution in [-0.4, -0.2) is 27.5 Å². The minimum atomic E-state index is -1.09. The van der Waals surface area contributed by atoms with Crippen molar-refractivity contribution in [3.63, 3.8) is 0 Å². The number of carbonyl (C=O) groups is 2. The molecular weight excluding hydrogens is 200 g/mol. The van der Waals surface area contributed by atoms with Gasteiger partial charge in [-0.15, -0.1) is 0 Å². The van der Waals surface area contributed by atoms with Crippen molar-refractivity contribution in [2.75, 3.05) is 0 Å². The highest BCUT2D eigenvalue weighted by Gasteiger charge is 2.52. The van der Waals surface area contributed by atoms with Gasteiger partial charge in [0.05, 0.1) is 5.69 Å². The van der Waals surface area contributed by atoms with Crippen molar-refractivity contribution in [3.8, 4) is 0 Å². The Hall–Kier alpha value is -1.85. The summed E-state index contributed by atoms with van der Waals surface area (Å²) in [6.07, 6.45) is 2.08. The molecule has 2 N–H and O–H groups in total. The number of nitrogens with zero attached hydrogens (tertiary/aromatic N) is 1. The van der Waals surface area contributed by atoms with E-state index >= 15 is 0 Å². The van der Waals surface area contributed by atoms with Crippen LogP contribution in [0.3, 0.4) is 0 Å². The van der Waals surface area contributed by atoms with Crippen molar-refractivity contribution in [2.24, 2.45) is 0 Å².